The van der Waals surface area contributed by atoms with E-state index >= 15 is 0 Å². The Labute approximate surface area is 179 Å². The molecule has 1 nitrogen and oxygen atoms in total. The van der Waals surface area contributed by atoms with E-state index in [-0.39, 0.29) is 0 Å². The van der Waals surface area contributed by atoms with Crippen LogP contribution in [-0.4, -0.2) is 6.29 Å². The largest absolute Gasteiger partial charge is 0.303 e. The average Bonchev–Trinajstić information content (AvgIpc) is 2.79. The van der Waals surface area contributed by atoms with E-state index in [1.54, 1.807) is 0 Å². The number of hydrogen-bond acceptors (Lipinski definition) is 1. The number of hydrogen-bond donors (Lipinski definition) is 0. The van der Waals surface area contributed by atoms with Crippen LogP contribution in [0.15, 0.2) is 24.3 Å². The van der Waals surface area contributed by atoms with Gasteiger partial charge in [-0.2, -0.15) is 0 Å². The highest BCUT2D eigenvalue weighted by Crippen LogP contribution is 2.42. The molecule has 29 heavy (non-hydrogen) atoms. The lowest BCUT2D eigenvalue weighted by atomic mass is 9.69. The molecule has 0 unspecified atom stereocenters. The Balaban J connectivity index is 1.18. The fourth-order valence-corrected chi connectivity index (χ4v) is 6.62. The summed E-state index contributed by atoms with van der Waals surface area (Å²) < 4.78 is 0. The van der Waals surface area contributed by atoms with Crippen molar-refractivity contribution in [3.63, 3.8) is 0 Å². The van der Waals surface area contributed by atoms with Crippen LogP contribution < -0.4 is 0 Å². The zero-order chi connectivity index (χ0) is 20.1. The molecule has 0 N–H and O–H groups in total. The third-order valence-electron chi connectivity index (χ3n) is 8.88. The predicted molar refractivity (Wildman–Crippen MR) is 122 cm³/mol. The Morgan fingerprint density at radius 2 is 1.34 bits per heavy atom. The zero-order valence-corrected chi connectivity index (χ0v) is 18.7. The average molecular weight is 395 g/mol. The van der Waals surface area contributed by atoms with Gasteiger partial charge in [-0.25, -0.2) is 0 Å². The number of aryl methyl sites for hydroxylation is 1. The molecule has 1 heteroatoms. The molecule has 4 rings (SSSR count). The third kappa shape index (κ3) is 5.74. The molecule has 160 valence electrons. The molecular formula is C28H42O. The Kier molecular flexibility index (Phi) is 7.49. The second-order valence-corrected chi connectivity index (χ2v) is 10.8. The summed E-state index contributed by atoms with van der Waals surface area (Å²) in [6.07, 6.45) is 20.3. The lowest BCUT2D eigenvalue weighted by Crippen LogP contribution is -2.25. The summed E-state index contributed by atoms with van der Waals surface area (Å²) in [5.41, 5.74) is 3.03. The van der Waals surface area contributed by atoms with E-state index in [0.717, 1.165) is 36.5 Å². The van der Waals surface area contributed by atoms with Gasteiger partial charge < -0.3 is 4.79 Å². The lowest BCUT2D eigenvalue weighted by Gasteiger charge is -2.37. The first-order valence-corrected chi connectivity index (χ1v) is 12.8. The molecule has 0 heterocycles. The first kappa shape index (κ1) is 21.1. The van der Waals surface area contributed by atoms with Gasteiger partial charge in [-0.05, 0) is 105 Å². The number of carbonyl (C=O) groups is 1. The summed E-state index contributed by atoms with van der Waals surface area (Å²) >= 11 is 0. The molecule has 3 saturated carbocycles. The van der Waals surface area contributed by atoms with E-state index in [0.29, 0.717) is 11.8 Å². The minimum Gasteiger partial charge on any atom is -0.303 e. The summed E-state index contributed by atoms with van der Waals surface area (Å²) in [7, 11) is 0. The molecule has 0 aliphatic heterocycles. The molecule has 3 aliphatic rings. The highest BCUT2D eigenvalue weighted by atomic mass is 16.1. The molecule has 3 fully saturated rings. The van der Waals surface area contributed by atoms with Crippen molar-refractivity contribution in [2.75, 3.05) is 0 Å². The summed E-state index contributed by atoms with van der Waals surface area (Å²) in [5.74, 6) is 5.06. The molecule has 0 aromatic heterocycles. The molecule has 0 amide bonds. The van der Waals surface area contributed by atoms with Gasteiger partial charge in [0.05, 0.1) is 0 Å². The smallest absolute Gasteiger partial charge is 0.123 e. The van der Waals surface area contributed by atoms with Gasteiger partial charge in [0.1, 0.15) is 6.29 Å². The van der Waals surface area contributed by atoms with Crippen molar-refractivity contribution in [1.82, 2.24) is 0 Å². The van der Waals surface area contributed by atoms with E-state index in [1.165, 1.54) is 94.5 Å². The molecule has 0 spiro atoms. The van der Waals surface area contributed by atoms with Crippen LogP contribution in [0.5, 0.6) is 0 Å². The standard InChI is InChI=1S/C28H42O/c1-21-2-12-25(13-3-21)26-14-6-22(7-15-26)4-5-23-8-16-27(17-9-23)28-18-10-24(20-29)11-19-28/h8-9,16-17,20-22,24-26,28H,2-7,10-15,18-19H2,1H3. The first-order chi connectivity index (χ1) is 14.2. The molecule has 1 aromatic rings. The molecular weight excluding hydrogens is 352 g/mol. The summed E-state index contributed by atoms with van der Waals surface area (Å²) in [6.45, 7) is 2.44. The number of rotatable bonds is 6. The second kappa shape index (κ2) is 10.3. The van der Waals surface area contributed by atoms with Crippen molar-refractivity contribution in [1.29, 1.82) is 0 Å². The van der Waals surface area contributed by atoms with Crippen molar-refractivity contribution in [3.05, 3.63) is 35.4 Å². The van der Waals surface area contributed by atoms with Crippen molar-refractivity contribution in [2.24, 2.45) is 29.6 Å². The molecule has 0 atom stereocenters. The van der Waals surface area contributed by atoms with Crippen molar-refractivity contribution in [2.45, 2.75) is 103 Å². The quantitative estimate of drug-likeness (QED) is 0.451. The Hall–Kier alpha value is -1.11. The van der Waals surface area contributed by atoms with Crippen LogP contribution >= 0.6 is 0 Å². The van der Waals surface area contributed by atoms with Crippen LogP contribution in [0, 0.1) is 29.6 Å². The van der Waals surface area contributed by atoms with E-state index in [1.807, 2.05) is 0 Å². The monoisotopic (exact) mass is 394 g/mol. The highest BCUT2D eigenvalue weighted by molar-refractivity contribution is 5.53. The number of benzene rings is 1. The van der Waals surface area contributed by atoms with E-state index in [4.69, 9.17) is 0 Å². The first-order valence-electron chi connectivity index (χ1n) is 12.8. The number of carbonyl (C=O) groups excluding carboxylic acids is 1. The van der Waals surface area contributed by atoms with E-state index in [9.17, 15) is 4.79 Å². The highest BCUT2D eigenvalue weighted by Gasteiger charge is 2.29. The van der Waals surface area contributed by atoms with Crippen molar-refractivity contribution in [3.8, 4) is 0 Å². The maximum Gasteiger partial charge on any atom is 0.123 e. The van der Waals surface area contributed by atoms with Gasteiger partial charge in [0.2, 0.25) is 0 Å². The minimum absolute atomic E-state index is 0.322. The van der Waals surface area contributed by atoms with Gasteiger partial charge in [0, 0.05) is 5.92 Å². The fraction of sp³-hybridized carbons (Fsp3) is 0.750. The van der Waals surface area contributed by atoms with E-state index in [2.05, 4.69) is 31.2 Å². The minimum atomic E-state index is 0.322. The van der Waals surface area contributed by atoms with Gasteiger partial charge in [-0.15, -0.1) is 0 Å². The van der Waals surface area contributed by atoms with Gasteiger partial charge in [0.25, 0.3) is 0 Å². The normalized spacial score (nSPS) is 35.9. The Bertz CT molecular complexity index is 608. The topological polar surface area (TPSA) is 17.1 Å². The van der Waals surface area contributed by atoms with Gasteiger partial charge in [0.15, 0.2) is 0 Å². The van der Waals surface area contributed by atoms with Gasteiger partial charge in [-0.1, -0.05) is 56.9 Å². The van der Waals surface area contributed by atoms with E-state index < -0.39 is 0 Å². The third-order valence-corrected chi connectivity index (χ3v) is 8.88. The van der Waals surface area contributed by atoms with Gasteiger partial charge >= 0.3 is 0 Å². The Morgan fingerprint density at radius 3 is 1.93 bits per heavy atom. The Morgan fingerprint density at radius 1 is 0.759 bits per heavy atom. The predicted octanol–water partition coefficient (Wildman–Crippen LogP) is 7.72. The maximum absolute atomic E-state index is 11.0. The van der Waals surface area contributed by atoms with Crippen LogP contribution in [0.25, 0.3) is 0 Å². The maximum atomic E-state index is 11.0. The fourth-order valence-electron chi connectivity index (χ4n) is 6.62. The van der Waals surface area contributed by atoms with Crippen LogP contribution in [0.2, 0.25) is 0 Å². The van der Waals surface area contributed by atoms with Crippen LogP contribution in [0.3, 0.4) is 0 Å². The molecule has 0 radical (unpaired) electrons. The van der Waals surface area contributed by atoms with Crippen molar-refractivity contribution < 1.29 is 4.79 Å². The molecule has 1 aromatic carbocycles. The van der Waals surface area contributed by atoms with Crippen LogP contribution in [-0.2, 0) is 11.2 Å². The zero-order valence-electron chi connectivity index (χ0n) is 18.7. The molecule has 3 aliphatic carbocycles. The summed E-state index contributed by atoms with van der Waals surface area (Å²) in [5, 5.41) is 0. The molecule has 0 saturated heterocycles. The summed E-state index contributed by atoms with van der Waals surface area (Å²) in [4.78, 5) is 11.0. The second-order valence-electron chi connectivity index (χ2n) is 10.8. The van der Waals surface area contributed by atoms with Crippen LogP contribution in [0.1, 0.15) is 107 Å². The summed E-state index contributed by atoms with van der Waals surface area (Å²) in [6, 6.07) is 9.52. The number of aldehydes is 1. The molecule has 0 bridgehead atoms. The SMILES string of the molecule is CC1CCC(C2CCC(CCc3ccc(C4CCC(C=O)CC4)cc3)CC2)CC1. The van der Waals surface area contributed by atoms with Gasteiger partial charge in [-0.3, -0.25) is 0 Å². The van der Waals surface area contributed by atoms with Crippen molar-refractivity contribution >= 4 is 6.29 Å². The lowest BCUT2D eigenvalue weighted by molar-refractivity contribution is -0.111. The van der Waals surface area contributed by atoms with Crippen LogP contribution in [0.4, 0.5) is 0 Å².